The molecule has 1 N–H and O–H groups in total. The molecule has 116 valence electrons. The molecule has 1 heterocycles. The predicted octanol–water partition coefficient (Wildman–Crippen LogP) is 4.08. The molecule has 0 saturated heterocycles. The molecule has 0 atom stereocenters. The molecule has 23 heavy (non-hydrogen) atoms. The van der Waals surface area contributed by atoms with Crippen LogP contribution in [0.5, 0.6) is 0 Å². The topological polar surface area (TPSA) is 68.0 Å². The molecule has 7 heteroatoms. The molecule has 1 aromatic heterocycles. The second-order valence-corrected chi connectivity index (χ2v) is 6.00. The van der Waals surface area contributed by atoms with Crippen molar-refractivity contribution >= 4 is 33.4 Å². The van der Waals surface area contributed by atoms with Crippen molar-refractivity contribution in [1.29, 1.82) is 0 Å². The number of aromatic nitrogens is 2. The highest BCUT2D eigenvalue weighted by atomic mass is 79.9. The first-order valence-corrected chi connectivity index (χ1v) is 7.91. The summed E-state index contributed by atoms with van der Waals surface area (Å²) in [6.07, 6.45) is 0. The summed E-state index contributed by atoms with van der Waals surface area (Å²) in [7, 11) is 0. The van der Waals surface area contributed by atoms with Gasteiger partial charge < -0.3 is 9.73 Å². The van der Waals surface area contributed by atoms with Crippen LogP contribution in [0.4, 0.5) is 0 Å². The van der Waals surface area contributed by atoms with Gasteiger partial charge in [0.1, 0.15) is 0 Å². The monoisotopic (exact) mass is 391 g/mol. The quantitative estimate of drug-likeness (QED) is 0.726. The molecule has 0 aliphatic heterocycles. The van der Waals surface area contributed by atoms with Crippen LogP contribution in [-0.4, -0.2) is 16.1 Å². The Labute approximate surface area is 145 Å². The highest BCUT2D eigenvalue weighted by Gasteiger charge is 2.13. The minimum atomic E-state index is -0.309. The van der Waals surface area contributed by atoms with Crippen LogP contribution in [0.3, 0.4) is 0 Å². The molecular formula is C16H11BrClN3O2. The number of benzene rings is 2. The summed E-state index contributed by atoms with van der Waals surface area (Å²) in [5.41, 5.74) is 1.21. The summed E-state index contributed by atoms with van der Waals surface area (Å²) in [6.45, 7) is 0.126. The Balaban J connectivity index is 1.68. The summed E-state index contributed by atoms with van der Waals surface area (Å²) in [4.78, 5) is 12.2. The highest BCUT2D eigenvalue weighted by molar-refractivity contribution is 9.10. The average molecular weight is 393 g/mol. The Morgan fingerprint density at radius 1 is 1.17 bits per heavy atom. The van der Waals surface area contributed by atoms with E-state index in [1.807, 2.05) is 30.3 Å². The highest BCUT2D eigenvalue weighted by Crippen LogP contribution is 2.21. The van der Waals surface area contributed by atoms with Crippen LogP contribution in [0.25, 0.3) is 11.5 Å². The Morgan fingerprint density at radius 3 is 2.74 bits per heavy atom. The first-order chi connectivity index (χ1) is 11.1. The van der Waals surface area contributed by atoms with E-state index in [1.54, 1.807) is 18.2 Å². The van der Waals surface area contributed by atoms with Crippen LogP contribution in [0, 0.1) is 0 Å². The van der Waals surface area contributed by atoms with E-state index >= 15 is 0 Å². The molecule has 1 amide bonds. The summed E-state index contributed by atoms with van der Waals surface area (Å²) < 4.78 is 6.31. The van der Waals surface area contributed by atoms with Crippen molar-refractivity contribution in [1.82, 2.24) is 15.5 Å². The van der Waals surface area contributed by atoms with E-state index in [0.29, 0.717) is 22.4 Å². The maximum atomic E-state index is 12.2. The van der Waals surface area contributed by atoms with Crippen LogP contribution < -0.4 is 5.32 Å². The van der Waals surface area contributed by atoms with Gasteiger partial charge >= 0.3 is 0 Å². The molecule has 3 aromatic rings. The van der Waals surface area contributed by atoms with Crippen LogP contribution in [0.1, 0.15) is 16.2 Å². The molecule has 2 aromatic carbocycles. The third-order valence-electron chi connectivity index (χ3n) is 3.06. The smallest absolute Gasteiger partial charge is 0.253 e. The summed E-state index contributed by atoms with van der Waals surface area (Å²) in [5, 5.41) is 11.0. The lowest BCUT2D eigenvalue weighted by molar-refractivity contribution is 0.0947. The molecule has 0 unspecified atom stereocenters. The molecule has 0 aliphatic carbocycles. The zero-order valence-corrected chi connectivity index (χ0v) is 14.1. The third kappa shape index (κ3) is 3.78. The van der Waals surface area contributed by atoms with Crippen molar-refractivity contribution < 1.29 is 9.21 Å². The van der Waals surface area contributed by atoms with E-state index in [0.717, 1.165) is 10.0 Å². The van der Waals surface area contributed by atoms with Crippen LogP contribution in [-0.2, 0) is 6.54 Å². The molecule has 3 rings (SSSR count). The van der Waals surface area contributed by atoms with Crippen molar-refractivity contribution in [3.63, 3.8) is 0 Å². The third-order valence-corrected chi connectivity index (χ3v) is 3.88. The average Bonchev–Trinajstić information content (AvgIpc) is 3.05. The molecule has 0 saturated carbocycles. The molecule has 0 bridgehead atoms. The number of carbonyl (C=O) groups excluding carboxylic acids is 1. The molecule has 0 radical (unpaired) electrons. The zero-order valence-electron chi connectivity index (χ0n) is 11.8. The number of carbonyl (C=O) groups is 1. The maximum absolute atomic E-state index is 12.2. The van der Waals surface area contributed by atoms with E-state index in [4.69, 9.17) is 16.0 Å². The first-order valence-electron chi connectivity index (χ1n) is 6.74. The number of hydrogen-bond donors (Lipinski definition) is 1. The second-order valence-electron chi connectivity index (χ2n) is 4.67. The number of nitrogens with one attached hydrogen (secondary N) is 1. The van der Waals surface area contributed by atoms with Gasteiger partial charge in [0, 0.05) is 10.0 Å². The van der Waals surface area contributed by atoms with Gasteiger partial charge in [-0.25, -0.2) is 0 Å². The number of hydrogen-bond acceptors (Lipinski definition) is 4. The van der Waals surface area contributed by atoms with E-state index < -0.39 is 0 Å². The molecular weight excluding hydrogens is 382 g/mol. The van der Waals surface area contributed by atoms with Crippen molar-refractivity contribution in [2.45, 2.75) is 6.54 Å². The summed E-state index contributed by atoms with van der Waals surface area (Å²) >= 11 is 9.33. The van der Waals surface area contributed by atoms with Gasteiger partial charge in [0.05, 0.1) is 17.1 Å². The van der Waals surface area contributed by atoms with Crippen molar-refractivity contribution in [3.8, 4) is 11.5 Å². The largest absolute Gasteiger partial charge is 0.419 e. The van der Waals surface area contributed by atoms with Crippen LogP contribution in [0.15, 0.2) is 57.4 Å². The number of amides is 1. The van der Waals surface area contributed by atoms with Gasteiger partial charge in [-0.05, 0) is 30.3 Å². The van der Waals surface area contributed by atoms with Gasteiger partial charge in [0.2, 0.25) is 11.8 Å². The van der Waals surface area contributed by atoms with Crippen LogP contribution >= 0.6 is 27.5 Å². The lowest BCUT2D eigenvalue weighted by atomic mass is 10.2. The fourth-order valence-corrected chi connectivity index (χ4v) is 2.51. The van der Waals surface area contributed by atoms with Gasteiger partial charge in [-0.2, -0.15) is 0 Å². The zero-order chi connectivity index (χ0) is 16.2. The lowest BCUT2D eigenvalue weighted by Crippen LogP contribution is -2.23. The Hall–Kier alpha value is -2.18. The number of rotatable bonds is 4. The number of nitrogens with zero attached hydrogens (tertiary/aromatic N) is 2. The normalized spacial score (nSPS) is 10.5. The van der Waals surface area contributed by atoms with E-state index in [-0.39, 0.29) is 12.5 Å². The van der Waals surface area contributed by atoms with E-state index in [1.165, 1.54) is 0 Å². The second kappa shape index (κ2) is 6.93. The van der Waals surface area contributed by atoms with E-state index in [9.17, 15) is 4.79 Å². The van der Waals surface area contributed by atoms with Gasteiger partial charge in [0.25, 0.3) is 5.91 Å². The first kappa shape index (κ1) is 15.7. The predicted molar refractivity (Wildman–Crippen MR) is 90.1 cm³/mol. The molecule has 0 spiro atoms. The van der Waals surface area contributed by atoms with Crippen molar-refractivity contribution in [2.75, 3.05) is 0 Å². The van der Waals surface area contributed by atoms with Gasteiger partial charge in [-0.3, -0.25) is 4.79 Å². The van der Waals surface area contributed by atoms with Crippen molar-refractivity contribution in [3.05, 3.63) is 69.5 Å². The Bertz CT molecular complexity index is 836. The summed E-state index contributed by atoms with van der Waals surface area (Å²) in [6, 6.07) is 14.5. The van der Waals surface area contributed by atoms with E-state index in [2.05, 4.69) is 31.4 Å². The number of halogens is 2. The lowest BCUT2D eigenvalue weighted by Gasteiger charge is -2.05. The maximum Gasteiger partial charge on any atom is 0.253 e. The minimum Gasteiger partial charge on any atom is -0.419 e. The summed E-state index contributed by atoms with van der Waals surface area (Å²) in [5.74, 6) is 0.425. The molecule has 0 aliphatic rings. The molecule has 0 fully saturated rings. The standard InChI is InChI=1S/C16H11BrClN3O2/c17-11-6-7-13(18)12(8-11)15(22)19-9-14-20-21-16(23-14)10-4-2-1-3-5-10/h1-8H,9H2,(H,19,22). The minimum absolute atomic E-state index is 0.126. The Kier molecular flexibility index (Phi) is 4.73. The fourth-order valence-electron chi connectivity index (χ4n) is 1.95. The van der Waals surface area contributed by atoms with Gasteiger partial charge in [-0.15, -0.1) is 10.2 Å². The fraction of sp³-hybridized carbons (Fsp3) is 0.0625. The molecule has 5 nitrogen and oxygen atoms in total. The van der Waals surface area contributed by atoms with Gasteiger partial charge in [-0.1, -0.05) is 45.7 Å². The SMILES string of the molecule is O=C(NCc1nnc(-c2ccccc2)o1)c1cc(Br)ccc1Cl. The van der Waals surface area contributed by atoms with Gasteiger partial charge in [0.15, 0.2) is 0 Å². The Morgan fingerprint density at radius 2 is 1.96 bits per heavy atom. The van der Waals surface area contributed by atoms with Crippen molar-refractivity contribution in [2.24, 2.45) is 0 Å². The van der Waals surface area contributed by atoms with Crippen LogP contribution in [0.2, 0.25) is 5.02 Å².